The van der Waals surface area contributed by atoms with Crippen molar-refractivity contribution in [1.82, 2.24) is 9.97 Å². The first-order valence-electron chi connectivity index (χ1n) is 6.78. The molecule has 0 unspecified atom stereocenters. The fourth-order valence-corrected chi connectivity index (χ4v) is 1.84. The van der Waals surface area contributed by atoms with Crippen molar-refractivity contribution in [3.63, 3.8) is 0 Å². The van der Waals surface area contributed by atoms with Gasteiger partial charge in [-0.3, -0.25) is 0 Å². The SMILES string of the molecule is CCCNc1nc(-c2cccc(OC)c2)cc(C(F)(F)F)n1. The molecule has 22 heavy (non-hydrogen) atoms. The smallest absolute Gasteiger partial charge is 0.433 e. The summed E-state index contributed by atoms with van der Waals surface area (Å²) in [5, 5.41) is 2.79. The summed E-state index contributed by atoms with van der Waals surface area (Å²) in [6, 6.07) is 7.65. The molecule has 0 amide bonds. The second-order valence-corrected chi connectivity index (χ2v) is 4.62. The van der Waals surface area contributed by atoms with Crippen LogP contribution >= 0.6 is 0 Å². The van der Waals surface area contributed by atoms with E-state index < -0.39 is 11.9 Å². The second kappa shape index (κ2) is 6.64. The number of hydrogen-bond acceptors (Lipinski definition) is 4. The molecule has 0 saturated heterocycles. The number of hydrogen-bond donors (Lipinski definition) is 1. The van der Waals surface area contributed by atoms with Crippen molar-refractivity contribution in [2.45, 2.75) is 19.5 Å². The molecule has 0 atom stereocenters. The first-order valence-corrected chi connectivity index (χ1v) is 6.78. The van der Waals surface area contributed by atoms with Crippen LogP contribution in [0, 0.1) is 0 Å². The number of aromatic nitrogens is 2. The van der Waals surface area contributed by atoms with Gasteiger partial charge in [-0.05, 0) is 24.6 Å². The van der Waals surface area contributed by atoms with Crippen LogP contribution in [0.3, 0.4) is 0 Å². The molecule has 0 bridgehead atoms. The van der Waals surface area contributed by atoms with Gasteiger partial charge in [0.1, 0.15) is 5.75 Å². The van der Waals surface area contributed by atoms with Crippen LogP contribution in [0.1, 0.15) is 19.0 Å². The highest BCUT2D eigenvalue weighted by Crippen LogP contribution is 2.31. The van der Waals surface area contributed by atoms with Crippen LogP contribution in [0.25, 0.3) is 11.3 Å². The Morgan fingerprint density at radius 1 is 1.18 bits per heavy atom. The lowest BCUT2D eigenvalue weighted by Gasteiger charge is -2.12. The Balaban J connectivity index is 2.48. The molecule has 7 heteroatoms. The lowest BCUT2D eigenvalue weighted by atomic mass is 10.1. The molecule has 4 nitrogen and oxygen atoms in total. The van der Waals surface area contributed by atoms with E-state index in [2.05, 4.69) is 15.3 Å². The number of ether oxygens (including phenoxy) is 1. The lowest BCUT2D eigenvalue weighted by Crippen LogP contribution is -2.13. The van der Waals surface area contributed by atoms with Gasteiger partial charge in [0, 0.05) is 12.1 Å². The third-order valence-electron chi connectivity index (χ3n) is 2.92. The van der Waals surface area contributed by atoms with E-state index in [4.69, 9.17) is 4.74 Å². The third-order valence-corrected chi connectivity index (χ3v) is 2.92. The van der Waals surface area contributed by atoms with Crippen molar-refractivity contribution in [2.24, 2.45) is 0 Å². The molecule has 0 radical (unpaired) electrons. The van der Waals surface area contributed by atoms with E-state index in [-0.39, 0.29) is 11.6 Å². The average Bonchev–Trinajstić information content (AvgIpc) is 2.52. The summed E-state index contributed by atoms with van der Waals surface area (Å²) in [4.78, 5) is 7.68. The minimum absolute atomic E-state index is 0.0329. The second-order valence-electron chi connectivity index (χ2n) is 4.62. The van der Waals surface area contributed by atoms with Crippen LogP contribution in [0.15, 0.2) is 30.3 Å². The molecule has 2 aromatic rings. The molecule has 1 heterocycles. The van der Waals surface area contributed by atoms with Gasteiger partial charge in [0.2, 0.25) is 5.95 Å². The van der Waals surface area contributed by atoms with Crippen LogP contribution in [0.5, 0.6) is 5.75 Å². The molecule has 1 aromatic carbocycles. The van der Waals surface area contributed by atoms with Gasteiger partial charge in [0.05, 0.1) is 12.8 Å². The van der Waals surface area contributed by atoms with E-state index in [1.54, 1.807) is 24.3 Å². The molecule has 0 aliphatic carbocycles. The highest BCUT2D eigenvalue weighted by Gasteiger charge is 2.33. The summed E-state index contributed by atoms with van der Waals surface area (Å²) in [7, 11) is 1.49. The van der Waals surface area contributed by atoms with Gasteiger partial charge in [-0.25, -0.2) is 9.97 Å². The Morgan fingerprint density at radius 2 is 1.95 bits per heavy atom. The summed E-state index contributed by atoms with van der Waals surface area (Å²) in [6.07, 6.45) is -3.77. The molecule has 0 aliphatic heterocycles. The van der Waals surface area contributed by atoms with Crippen LogP contribution in [-0.4, -0.2) is 23.6 Å². The zero-order chi connectivity index (χ0) is 16.2. The lowest BCUT2D eigenvalue weighted by molar-refractivity contribution is -0.141. The Morgan fingerprint density at radius 3 is 2.59 bits per heavy atom. The molecular formula is C15H16F3N3O. The maximum absolute atomic E-state index is 13.0. The fourth-order valence-electron chi connectivity index (χ4n) is 1.84. The largest absolute Gasteiger partial charge is 0.497 e. The van der Waals surface area contributed by atoms with E-state index in [1.165, 1.54) is 7.11 Å². The standard InChI is InChI=1S/C15H16F3N3O/c1-3-7-19-14-20-12(9-13(21-14)15(16,17)18)10-5-4-6-11(8-10)22-2/h4-6,8-9H,3,7H2,1-2H3,(H,19,20,21). The van der Waals surface area contributed by atoms with Crippen molar-refractivity contribution in [3.05, 3.63) is 36.0 Å². The van der Waals surface area contributed by atoms with E-state index >= 15 is 0 Å². The Hall–Kier alpha value is -2.31. The molecular weight excluding hydrogens is 295 g/mol. The topological polar surface area (TPSA) is 47.0 Å². The summed E-state index contributed by atoms with van der Waals surface area (Å²) in [6.45, 7) is 2.41. The molecule has 0 saturated carbocycles. The van der Waals surface area contributed by atoms with Gasteiger partial charge >= 0.3 is 6.18 Å². The zero-order valence-electron chi connectivity index (χ0n) is 12.2. The van der Waals surface area contributed by atoms with Crippen molar-refractivity contribution in [1.29, 1.82) is 0 Å². The molecule has 0 aliphatic rings. The van der Waals surface area contributed by atoms with Gasteiger partial charge in [-0.2, -0.15) is 13.2 Å². The normalized spacial score (nSPS) is 11.3. The molecule has 0 spiro atoms. The highest BCUT2D eigenvalue weighted by molar-refractivity contribution is 5.63. The van der Waals surface area contributed by atoms with Crippen molar-refractivity contribution >= 4 is 5.95 Å². The first kappa shape index (κ1) is 16.1. The zero-order valence-corrected chi connectivity index (χ0v) is 12.2. The summed E-state index contributed by atoms with van der Waals surface area (Å²) in [5.41, 5.74) is -0.245. The van der Waals surface area contributed by atoms with Crippen molar-refractivity contribution in [2.75, 3.05) is 19.0 Å². The summed E-state index contributed by atoms with van der Waals surface area (Å²) in [5.74, 6) is 0.516. The quantitative estimate of drug-likeness (QED) is 0.907. The summed E-state index contributed by atoms with van der Waals surface area (Å²) >= 11 is 0. The van der Waals surface area contributed by atoms with E-state index in [9.17, 15) is 13.2 Å². The van der Waals surface area contributed by atoms with Crippen molar-refractivity contribution in [3.8, 4) is 17.0 Å². The fraction of sp³-hybridized carbons (Fsp3) is 0.333. The molecule has 1 N–H and O–H groups in total. The van der Waals surface area contributed by atoms with Crippen LogP contribution in [-0.2, 0) is 6.18 Å². The number of alkyl halides is 3. The number of halogens is 3. The molecule has 1 aromatic heterocycles. The van der Waals surface area contributed by atoms with E-state index in [1.807, 2.05) is 6.92 Å². The van der Waals surface area contributed by atoms with Gasteiger partial charge in [-0.1, -0.05) is 19.1 Å². The van der Waals surface area contributed by atoms with Crippen LogP contribution < -0.4 is 10.1 Å². The number of benzene rings is 1. The number of methoxy groups -OCH3 is 1. The van der Waals surface area contributed by atoms with Crippen LogP contribution in [0.2, 0.25) is 0 Å². The average molecular weight is 311 g/mol. The predicted molar refractivity (Wildman–Crippen MR) is 77.8 cm³/mol. The minimum Gasteiger partial charge on any atom is -0.497 e. The maximum atomic E-state index is 13.0. The third kappa shape index (κ3) is 3.87. The molecule has 0 fully saturated rings. The van der Waals surface area contributed by atoms with Gasteiger partial charge < -0.3 is 10.1 Å². The number of anilines is 1. The Bertz CT molecular complexity index is 644. The van der Waals surface area contributed by atoms with Gasteiger partial charge in [0.15, 0.2) is 5.69 Å². The molecule has 2 rings (SSSR count). The van der Waals surface area contributed by atoms with Gasteiger partial charge in [0.25, 0.3) is 0 Å². The van der Waals surface area contributed by atoms with Crippen molar-refractivity contribution < 1.29 is 17.9 Å². The van der Waals surface area contributed by atoms with E-state index in [0.717, 1.165) is 12.5 Å². The number of rotatable bonds is 5. The van der Waals surface area contributed by atoms with E-state index in [0.29, 0.717) is 17.9 Å². The predicted octanol–water partition coefficient (Wildman–Crippen LogP) is 3.99. The first-order chi connectivity index (χ1) is 10.4. The monoisotopic (exact) mass is 311 g/mol. The number of nitrogens with one attached hydrogen (secondary N) is 1. The maximum Gasteiger partial charge on any atom is 0.433 e. The van der Waals surface area contributed by atoms with Crippen LogP contribution in [0.4, 0.5) is 19.1 Å². The summed E-state index contributed by atoms with van der Waals surface area (Å²) < 4.78 is 44.1. The highest BCUT2D eigenvalue weighted by atomic mass is 19.4. The number of nitrogens with zero attached hydrogens (tertiary/aromatic N) is 2. The molecule has 118 valence electrons. The minimum atomic E-state index is -4.53. The Labute approximate surface area is 126 Å². The van der Waals surface area contributed by atoms with Gasteiger partial charge in [-0.15, -0.1) is 0 Å². The Kier molecular flexibility index (Phi) is 4.85.